The van der Waals surface area contributed by atoms with E-state index in [-0.39, 0.29) is 30.2 Å². The van der Waals surface area contributed by atoms with Gasteiger partial charge in [-0.3, -0.25) is 9.59 Å². The summed E-state index contributed by atoms with van der Waals surface area (Å²) in [7, 11) is 0. The van der Waals surface area contributed by atoms with Crippen LogP contribution in [0.2, 0.25) is 0 Å². The number of allylic oxidation sites excluding steroid dienone is 3. The Morgan fingerprint density at radius 1 is 1.59 bits per heavy atom. The molecule has 0 unspecified atom stereocenters. The summed E-state index contributed by atoms with van der Waals surface area (Å²) >= 11 is 0. The number of carbonyl (C=O) groups is 2. The van der Waals surface area contributed by atoms with Crippen molar-refractivity contribution >= 4 is 11.8 Å². The van der Waals surface area contributed by atoms with Crippen LogP contribution in [-0.2, 0) is 19.1 Å². The maximum Gasteiger partial charge on any atom is 0.304 e. The molecular weight excluding hydrogens is 220 g/mol. The van der Waals surface area contributed by atoms with E-state index in [4.69, 9.17) is 9.47 Å². The largest absolute Gasteiger partial charge is 0.435 e. The second-order valence-electron chi connectivity index (χ2n) is 4.32. The number of rotatable bonds is 2. The van der Waals surface area contributed by atoms with Gasteiger partial charge in [0.05, 0.1) is 5.92 Å². The van der Waals surface area contributed by atoms with Crippen molar-refractivity contribution in [2.45, 2.75) is 26.6 Å². The number of carbonyl (C=O) groups excluding carboxylic acids is 2. The van der Waals surface area contributed by atoms with Crippen molar-refractivity contribution in [3.05, 3.63) is 23.8 Å². The lowest BCUT2D eigenvalue weighted by atomic mass is 9.77. The van der Waals surface area contributed by atoms with Crippen LogP contribution < -0.4 is 0 Å². The minimum Gasteiger partial charge on any atom is -0.435 e. The number of ketones is 1. The summed E-state index contributed by atoms with van der Waals surface area (Å²) in [5.74, 6) is -0.368. The smallest absolute Gasteiger partial charge is 0.304 e. The van der Waals surface area contributed by atoms with E-state index in [0.29, 0.717) is 0 Å². The Kier molecular flexibility index (Phi) is 3.43. The Hall–Kier alpha value is -1.42. The van der Waals surface area contributed by atoms with Crippen molar-refractivity contribution < 1.29 is 19.1 Å². The highest BCUT2D eigenvalue weighted by atomic mass is 16.7. The first kappa shape index (κ1) is 12.0. The molecule has 2 aliphatic rings. The fourth-order valence-corrected chi connectivity index (χ4v) is 2.40. The third-order valence-corrected chi connectivity index (χ3v) is 3.20. The number of esters is 1. The molecule has 1 saturated heterocycles. The number of Topliss-reactive ketones (excluding diaryl/α,β-unsaturated/α-hetero) is 1. The zero-order valence-corrected chi connectivity index (χ0v) is 10.0. The molecule has 17 heavy (non-hydrogen) atoms. The van der Waals surface area contributed by atoms with Gasteiger partial charge in [-0.25, -0.2) is 0 Å². The third-order valence-electron chi connectivity index (χ3n) is 3.20. The summed E-state index contributed by atoms with van der Waals surface area (Å²) in [6.45, 7) is 3.38. The zero-order chi connectivity index (χ0) is 12.4. The molecule has 1 heterocycles. The Balaban J connectivity index is 2.26. The number of hydrogen-bond donors (Lipinski definition) is 0. The molecule has 4 heteroatoms. The maximum atomic E-state index is 11.8. The van der Waals surface area contributed by atoms with E-state index in [1.165, 1.54) is 6.92 Å². The molecular formula is C13H16O4. The molecule has 4 nitrogen and oxygen atoms in total. The van der Waals surface area contributed by atoms with Crippen LogP contribution >= 0.6 is 0 Å². The summed E-state index contributed by atoms with van der Waals surface area (Å²) < 4.78 is 10.5. The van der Waals surface area contributed by atoms with Crippen LogP contribution in [0.25, 0.3) is 0 Å². The predicted octanol–water partition coefficient (Wildman–Crippen LogP) is 1.61. The van der Waals surface area contributed by atoms with Crippen LogP contribution in [0.3, 0.4) is 0 Å². The van der Waals surface area contributed by atoms with E-state index in [2.05, 4.69) is 0 Å². The predicted molar refractivity (Wildman–Crippen MR) is 61.0 cm³/mol. The van der Waals surface area contributed by atoms with Crippen molar-refractivity contribution in [1.82, 2.24) is 0 Å². The van der Waals surface area contributed by atoms with Crippen molar-refractivity contribution in [2.24, 2.45) is 11.8 Å². The summed E-state index contributed by atoms with van der Waals surface area (Å²) in [6.07, 6.45) is 5.98. The molecule has 0 amide bonds. The molecule has 0 aromatic heterocycles. The van der Waals surface area contributed by atoms with Gasteiger partial charge in [0.25, 0.3) is 0 Å². The zero-order valence-electron chi connectivity index (χ0n) is 10.0. The number of fused-ring (bicyclic) bond motifs is 1. The van der Waals surface area contributed by atoms with Gasteiger partial charge in [0.2, 0.25) is 6.29 Å². The molecule has 1 aliphatic carbocycles. The normalized spacial score (nSPS) is 31.8. The molecule has 0 saturated carbocycles. The Bertz CT molecular complexity index is 394. The van der Waals surface area contributed by atoms with Crippen molar-refractivity contribution in [3.63, 3.8) is 0 Å². The van der Waals surface area contributed by atoms with Gasteiger partial charge < -0.3 is 9.47 Å². The molecule has 0 aromatic rings. The lowest BCUT2D eigenvalue weighted by Crippen LogP contribution is -2.43. The van der Waals surface area contributed by atoms with E-state index in [0.717, 1.165) is 12.0 Å². The van der Waals surface area contributed by atoms with Crippen LogP contribution in [0.15, 0.2) is 23.8 Å². The lowest BCUT2D eigenvalue weighted by molar-refractivity contribution is -0.197. The molecule has 2 rings (SSSR count). The molecule has 92 valence electrons. The topological polar surface area (TPSA) is 52.6 Å². The number of ether oxygens (including phenoxy) is 2. The van der Waals surface area contributed by atoms with Gasteiger partial charge in [0.15, 0.2) is 5.78 Å². The lowest BCUT2D eigenvalue weighted by Gasteiger charge is -2.37. The van der Waals surface area contributed by atoms with Crippen molar-refractivity contribution in [2.75, 3.05) is 6.61 Å². The van der Waals surface area contributed by atoms with E-state index >= 15 is 0 Å². The molecule has 1 fully saturated rings. The number of hydrogen-bond acceptors (Lipinski definition) is 4. The first-order valence-corrected chi connectivity index (χ1v) is 5.84. The van der Waals surface area contributed by atoms with Gasteiger partial charge in [-0.1, -0.05) is 25.2 Å². The average Bonchev–Trinajstić information content (AvgIpc) is 2.31. The van der Waals surface area contributed by atoms with Gasteiger partial charge in [-0.2, -0.15) is 0 Å². The minimum absolute atomic E-state index is 0.00937. The fourth-order valence-electron chi connectivity index (χ4n) is 2.40. The third kappa shape index (κ3) is 2.31. The molecule has 1 aliphatic heterocycles. The second kappa shape index (κ2) is 4.84. The first-order chi connectivity index (χ1) is 8.13. The Morgan fingerprint density at radius 3 is 3.00 bits per heavy atom. The van der Waals surface area contributed by atoms with Gasteiger partial charge in [0, 0.05) is 12.5 Å². The summed E-state index contributed by atoms with van der Waals surface area (Å²) in [5.41, 5.74) is 0.719. The van der Waals surface area contributed by atoms with E-state index in [1.54, 1.807) is 6.08 Å². The first-order valence-electron chi connectivity index (χ1n) is 5.84. The van der Waals surface area contributed by atoms with E-state index in [1.807, 2.05) is 19.1 Å². The highest BCUT2D eigenvalue weighted by Crippen LogP contribution is 2.36. The van der Waals surface area contributed by atoms with Crippen LogP contribution in [-0.4, -0.2) is 24.6 Å². The molecule has 0 spiro atoms. The van der Waals surface area contributed by atoms with E-state index < -0.39 is 6.29 Å². The maximum absolute atomic E-state index is 11.8. The molecule has 0 bridgehead atoms. The highest BCUT2D eigenvalue weighted by Gasteiger charge is 2.41. The Morgan fingerprint density at radius 2 is 2.35 bits per heavy atom. The highest BCUT2D eigenvalue weighted by molar-refractivity contribution is 5.98. The summed E-state index contributed by atoms with van der Waals surface area (Å²) in [6, 6.07) is 0. The fraction of sp³-hybridized carbons (Fsp3) is 0.538. The Labute approximate surface area is 100 Å². The summed E-state index contributed by atoms with van der Waals surface area (Å²) in [4.78, 5) is 22.8. The molecule has 0 radical (unpaired) electrons. The van der Waals surface area contributed by atoms with Gasteiger partial charge in [0.1, 0.15) is 6.61 Å². The van der Waals surface area contributed by atoms with Crippen molar-refractivity contribution in [1.29, 1.82) is 0 Å². The standard InChI is InChI=1S/C13H16O4/c1-3-9-5-4-6-10-11(15)7-16-13(12(9)10)17-8(2)14/h4-6,9,12-13H,3,7H2,1-2H3/t9-,12-,13+/m1/s1. The summed E-state index contributed by atoms with van der Waals surface area (Å²) in [5, 5.41) is 0. The van der Waals surface area contributed by atoms with Gasteiger partial charge in [-0.15, -0.1) is 0 Å². The molecule has 0 N–H and O–H groups in total. The van der Waals surface area contributed by atoms with Crippen molar-refractivity contribution in [3.8, 4) is 0 Å². The minimum atomic E-state index is -0.633. The monoisotopic (exact) mass is 236 g/mol. The molecule has 3 atom stereocenters. The van der Waals surface area contributed by atoms with Gasteiger partial charge in [-0.05, 0) is 12.3 Å². The average molecular weight is 236 g/mol. The van der Waals surface area contributed by atoms with E-state index in [9.17, 15) is 9.59 Å². The molecule has 0 aromatic carbocycles. The van der Waals surface area contributed by atoms with Crippen LogP contribution in [0.1, 0.15) is 20.3 Å². The van der Waals surface area contributed by atoms with Crippen LogP contribution in [0.4, 0.5) is 0 Å². The SMILES string of the molecule is CC[C@@H]1C=CC=C2C(=O)CO[C@@H](OC(C)=O)[C@@H]21. The van der Waals surface area contributed by atoms with Crippen LogP contribution in [0, 0.1) is 11.8 Å². The quantitative estimate of drug-likeness (QED) is 0.683. The van der Waals surface area contributed by atoms with Crippen LogP contribution in [0.5, 0.6) is 0 Å². The van der Waals surface area contributed by atoms with Gasteiger partial charge >= 0.3 is 5.97 Å². The second-order valence-corrected chi connectivity index (χ2v) is 4.32.